The van der Waals surface area contributed by atoms with Crippen molar-refractivity contribution in [2.75, 3.05) is 7.05 Å². The van der Waals surface area contributed by atoms with E-state index in [4.69, 9.17) is 9.57 Å². The summed E-state index contributed by atoms with van der Waals surface area (Å²) in [6, 6.07) is 37.2. The molecule has 54 heavy (non-hydrogen) atoms. The number of nitrogens with one attached hydrogen (secondary N) is 1. The molecule has 0 spiro atoms. The molecule has 5 aromatic carbocycles. The van der Waals surface area contributed by atoms with Crippen molar-refractivity contribution in [3.63, 3.8) is 0 Å². The molecule has 7 rings (SSSR count). The molecule has 0 heterocycles. The van der Waals surface area contributed by atoms with Gasteiger partial charge >= 0.3 is 11.9 Å². The lowest BCUT2D eigenvalue weighted by Crippen LogP contribution is -2.52. The molecule has 0 fully saturated rings. The van der Waals surface area contributed by atoms with Gasteiger partial charge in [-0.25, -0.2) is 4.79 Å². The maximum absolute atomic E-state index is 12.7. The van der Waals surface area contributed by atoms with E-state index in [2.05, 4.69) is 48.6 Å². The minimum absolute atomic E-state index is 0.189. The summed E-state index contributed by atoms with van der Waals surface area (Å²) in [7, 11) is 1.63. The van der Waals surface area contributed by atoms with E-state index in [0.717, 1.165) is 36.3 Å². The summed E-state index contributed by atoms with van der Waals surface area (Å²) in [6.07, 6.45) is 0.705. The molecule has 0 aliphatic heterocycles. The summed E-state index contributed by atoms with van der Waals surface area (Å²) in [4.78, 5) is 58.4. The molecule has 1 N–H and O–H groups in total. The van der Waals surface area contributed by atoms with Crippen LogP contribution in [0.1, 0.15) is 80.0 Å². The minimum Gasteiger partial charge on any atom is -0.436 e. The van der Waals surface area contributed by atoms with Gasteiger partial charge < -0.3 is 9.57 Å². The number of benzene rings is 5. The number of esters is 1. The Kier molecular flexibility index (Phi) is 12.0. The monoisotopic (exact) mass is 756 g/mol. The first kappa shape index (κ1) is 38.4. The van der Waals surface area contributed by atoms with E-state index in [-0.39, 0.29) is 17.3 Å². The van der Waals surface area contributed by atoms with Gasteiger partial charge in [-0.2, -0.15) is 0 Å². The van der Waals surface area contributed by atoms with Gasteiger partial charge in [0.2, 0.25) is 17.3 Å². The molecular weight excluding hydrogens is 717 g/mol. The number of ether oxygens (including phenoxy) is 1. The second kappa shape index (κ2) is 16.8. The number of carbonyl (C=O) groups excluding carboxylic acids is 4. The number of aryl methyl sites for hydroxylation is 1. The van der Waals surface area contributed by atoms with Gasteiger partial charge in [0.1, 0.15) is 5.71 Å². The lowest BCUT2D eigenvalue weighted by atomic mass is 10.0. The standard InChI is InChI=1S/C26H23NO3S.C18H17NO3S/c1-16(2)18-8-10-20(11-9-18)31-21-12-13-23-19(14-21)15-24(25(23)28)27-30-26(29)22-7-5-4-6-17(22)3;1-12(20)22-18(19-2)11-13-10-15(8-9-16(13)17(18)21)23-14-6-4-3-5-7-14/h4-14,16H,15H2,1-3H3;3-10,19H,11H2,1-2H3. The van der Waals surface area contributed by atoms with E-state index in [9.17, 15) is 19.2 Å². The van der Waals surface area contributed by atoms with Crippen LogP contribution < -0.4 is 5.32 Å². The highest BCUT2D eigenvalue weighted by atomic mass is 32.2. The molecule has 10 heteroatoms. The Labute approximate surface area is 323 Å². The number of oxime groups is 1. The summed E-state index contributed by atoms with van der Waals surface area (Å²) in [5.74, 6) is -0.913. The van der Waals surface area contributed by atoms with E-state index < -0.39 is 17.7 Å². The molecule has 1 atom stereocenters. The predicted molar refractivity (Wildman–Crippen MR) is 212 cm³/mol. The average molecular weight is 757 g/mol. The van der Waals surface area contributed by atoms with Crippen LogP contribution in [0.5, 0.6) is 0 Å². The van der Waals surface area contributed by atoms with E-state index in [0.29, 0.717) is 35.4 Å². The summed E-state index contributed by atoms with van der Waals surface area (Å²) in [6.45, 7) is 7.50. The Hall–Kier alpha value is -5.29. The maximum Gasteiger partial charge on any atom is 0.366 e. The van der Waals surface area contributed by atoms with E-state index in [1.54, 1.807) is 42.7 Å². The predicted octanol–water partition coefficient (Wildman–Crippen LogP) is 9.28. The molecule has 274 valence electrons. The van der Waals surface area contributed by atoms with E-state index >= 15 is 0 Å². The van der Waals surface area contributed by atoms with Gasteiger partial charge in [0.25, 0.3) is 0 Å². The van der Waals surface area contributed by atoms with Gasteiger partial charge in [0, 0.05) is 50.5 Å². The highest BCUT2D eigenvalue weighted by molar-refractivity contribution is 7.99. The fourth-order valence-electron chi connectivity index (χ4n) is 6.27. The number of hydrogen-bond donors (Lipinski definition) is 1. The second-order valence-electron chi connectivity index (χ2n) is 13.3. The van der Waals surface area contributed by atoms with Crippen molar-refractivity contribution in [3.05, 3.63) is 154 Å². The molecule has 2 aliphatic rings. The highest BCUT2D eigenvalue weighted by Gasteiger charge is 2.47. The SMILES string of the molecule is CNC1(OC(C)=O)Cc2cc(Sc3ccccc3)ccc2C1=O.Cc1ccccc1C(=O)ON=C1Cc2cc(Sc3ccc(C(C)C)cc3)ccc2C1=O. The first-order valence-electron chi connectivity index (χ1n) is 17.5. The third-order valence-electron chi connectivity index (χ3n) is 9.16. The van der Waals surface area contributed by atoms with Crippen molar-refractivity contribution in [1.29, 1.82) is 0 Å². The fourth-order valence-corrected chi connectivity index (χ4v) is 8.05. The fraction of sp³-hybridized carbons (Fsp3) is 0.205. The van der Waals surface area contributed by atoms with Crippen molar-refractivity contribution in [2.45, 2.75) is 71.8 Å². The van der Waals surface area contributed by atoms with Crippen molar-refractivity contribution in [2.24, 2.45) is 5.16 Å². The number of carbonyl (C=O) groups is 4. The average Bonchev–Trinajstić information content (AvgIpc) is 3.62. The van der Waals surface area contributed by atoms with Crippen LogP contribution in [-0.2, 0) is 27.2 Å². The summed E-state index contributed by atoms with van der Waals surface area (Å²) in [5.41, 5.74) is 4.55. The molecule has 0 saturated carbocycles. The van der Waals surface area contributed by atoms with Crippen LogP contribution in [-0.4, -0.2) is 42.0 Å². The second-order valence-corrected chi connectivity index (χ2v) is 15.6. The van der Waals surface area contributed by atoms with Crippen LogP contribution >= 0.6 is 23.5 Å². The molecule has 0 aromatic heterocycles. The molecule has 0 bridgehead atoms. The Bertz CT molecular complexity index is 2250. The Morgan fingerprint density at radius 3 is 1.98 bits per heavy atom. The lowest BCUT2D eigenvalue weighted by molar-refractivity contribution is -0.154. The van der Waals surface area contributed by atoms with Crippen LogP contribution in [0.4, 0.5) is 0 Å². The third kappa shape index (κ3) is 8.73. The first-order chi connectivity index (χ1) is 26.0. The number of rotatable bonds is 9. The first-order valence-corrected chi connectivity index (χ1v) is 19.2. The van der Waals surface area contributed by atoms with Gasteiger partial charge in [0.15, 0.2) is 0 Å². The van der Waals surface area contributed by atoms with Crippen LogP contribution in [0, 0.1) is 6.92 Å². The van der Waals surface area contributed by atoms with Crippen LogP contribution in [0.3, 0.4) is 0 Å². The zero-order valence-electron chi connectivity index (χ0n) is 30.7. The Morgan fingerprint density at radius 1 is 0.759 bits per heavy atom. The van der Waals surface area contributed by atoms with Gasteiger partial charge in [-0.3, -0.25) is 19.7 Å². The van der Waals surface area contributed by atoms with E-state index in [1.807, 2.05) is 85.8 Å². The van der Waals surface area contributed by atoms with Gasteiger partial charge in [-0.1, -0.05) is 91.1 Å². The van der Waals surface area contributed by atoms with Crippen LogP contribution in [0.2, 0.25) is 0 Å². The molecule has 2 aliphatic carbocycles. The van der Waals surface area contributed by atoms with Gasteiger partial charge in [0.05, 0.1) is 5.56 Å². The molecule has 1 unspecified atom stereocenters. The zero-order valence-corrected chi connectivity index (χ0v) is 32.3. The van der Waals surface area contributed by atoms with Crippen molar-refractivity contribution >= 4 is 52.7 Å². The number of fused-ring (bicyclic) bond motifs is 2. The zero-order chi connectivity index (χ0) is 38.4. The molecule has 0 amide bonds. The van der Waals surface area contributed by atoms with Gasteiger partial charge in [-0.05, 0) is 109 Å². The number of likely N-dealkylation sites (N-methyl/N-ethyl adjacent to an activating group) is 1. The molecule has 0 radical (unpaired) electrons. The van der Waals surface area contributed by atoms with Crippen molar-refractivity contribution in [3.8, 4) is 0 Å². The lowest BCUT2D eigenvalue weighted by Gasteiger charge is -2.25. The maximum atomic E-state index is 12.7. The van der Waals surface area contributed by atoms with Crippen molar-refractivity contribution < 1.29 is 28.8 Å². The smallest absolute Gasteiger partial charge is 0.366 e. The molecule has 5 aromatic rings. The Morgan fingerprint density at radius 2 is 1.35 bits per heavy atom. The normalized spacial score (nSPS) is 16.4. The molecule has 0 saturated heterocycles. The Balaban J connectivity index is 0.000000193. The van der Waals surface area contributed by atoms with Crippen LogP contribution in [0.15, 0.2) is 140 Å². The minimum atomic E-state index is -1.27. The molecule has 8 nitrogen and oxygen atoms in total. The highest BCUT2D eigenvalue weighted by Crippen LogP contribution is 2.36. The summed E-state index contributed by atoms with van der Waals surface area (Å²) < 4.78 is 5.29. The van der Waals surface area contributed by atoms with Gasteiger partial charge in [-0.15, -0.1) is 0 Å². The summed E-state index contributed by atoms with van der Waals surface area (Å²) in [5, 5.41) is 6.76. The summed E-state index contributed by atoms with van der Waals surface area (Å²) >= 11 is 3.29. The number of ketones is 2. The van der Waals surface area contributed by atoms with E-state index in [1.165, 1.54) is 12.5 Å². The molecular formula is C44H40N2O6S2. The topological polar surface area (TPSA) is 111 Å². The number of hydrogen-bond acceptors (Lipinski definition) is 10. The van der Waals surface area contributed by atoms with Crippen LogP contribution in [0.25, 0.3) is 0 Å². The quantitative estimate of drug-likeness (QED) is 0.0681. The largest absolute Gasteiger partial charge is 0.436 e. The number of Topliss-reactive ketones (excluding diaryl/α,β-unsaturated/α-hetero) is 2. The third-order valence-corrected chi connectivity index (χ3v) is 11.2. The number of nitrogens with zero attached hydrogens (tertiary/aromatic N) is 1. The van der Waals surface area contributed by atoms with Crippen molar-refractivity contribution in [1.82, 2.24) is 5.32 Å².